The minimum atomic E-state index is -0.361. The van der Waals surface area contributed by atoms with Crippen LogP contribution in [0, 0.1) is 17.0 Å². The van der Waals surface area contributed by atoms with Gasteiger partial charge in [0, 0.05) is 11.3 Å². The number of hydrogen-bond donors (Lipinski definition) is 0. The largest absolute Gasteiger partial charge is 0.300 e. The molecule has 0 aromatic heterocycles. The maximum Gasteiger partial charge on any atom is 0.211 e. The number of aryl methyl sites for hydroxylation is 1. The Hall–Kier alpha value is -1.71. The molecule has 1 aromatic carbocycles. The lowest BCUT2D eigenvalue weighted by atomic mass is 9.91. The average molecular weight is 221 g/mol. The normalized spacial score (nSPS) is 12.1. The molecule has 0 aliphatic rings. The lowest BCUT2D eigenvalue weighted by Crippen LogP contribution is -2.16. The predicted molar refractivity (Wildman–Crippen MR) is 61.1 cm³/mol. The van der Waals surface area contributed by atoms with E-state index in [0.717, 1.165) is 11.1 Å². The number of ketones is 1. The van der Waals surface area contributed by atoms with Gasteiger partial charge in [-0.3, -0.25) is 10.1 Å². The van der Waals surface area contributed by atoms with Crippen molar-refractivity contribution < 1.29 is 9.72 Å². The molecule has 0 aliphatic carbocycles. The number of carbonyl (C=O) groups excluding carboxylic acids is 1. The number of benzene rings is 1. The lowest BCUT2D eigenvalue weighted by Gasteiger charge is -2.13. The van der Waals surface area contributed by atoms with E-state index in [1.165, 1.54) is 6.92 Å². The van der Waals surface area contributed by atoms with Gasteiger partial charge in [0.15, 0.2) is 0 Å². The molecule has 0 aliphatic heterocycles. The average Bonchev–Trinajstić information content (AvgIpc) is 2.15. The lowest BCUT2D eigenvalue weighted by molar-refractivity contribution is -0.483. The summed E-state index contributed by atoms with van der Waals surface area (Å²) < 4.78 is 0. The standard InChI is InChI=1S/C12H15NO3/c1-9-5-3-4-6-12(9)11(7-10(2)14)8-13(15)16/h3-6,11H,7-8H2,1-2H3/t11-/m0/s1. The Morgan fingerprint density at radius 3 is 2.56 bits per heavy atom. The Balaban J connectivity index is 2.96. The Labute approximate surface area is 94.4 Å². The molecule has 0 saturated carbocycles. The van der Waals surface area contributed by atoms with Crippen molar-refractivity contribution in [3.05, 3.63) is 45.5 Å². The summed E-state index contributed by atoms with van der Waals surface area (Å²) in [7, 11) is 0. The third-order valence-electron chi connectivity index (χ3n) is 2.53. The van der Waals surface area contributed by atoms with Crippen molar-refractivity contribution in [1.82, 2.24) is 0 Å². The smallest absolute Gasteiger partial charge is 0.211 e. The third kappa shape index (κ3) is 3.46. The minimum absolute atomic E-state index is 0.0184. The van der Waals surface area contributed by atoms with Crippen LogP contribution in [0.4, 0.5) is 0 Å². The number of Topliss-reactive ketones (excluding diaryl/α,β-unsaturated/α-hetero) is 1. The highest BCUT2D eigenvalue weighted by Crippen LogP contribution is 2.23. The molecule has 1 aromatic rings. The molecule has 1 rings (SSSR count). The fraction of sp³-hybridized carbons (Fsp3) is 0.417. The zero-order valence-corrected chi connectivity index (χ0v) is 9.47. The number of carbonyl (C=O) groups is 1. The molecule has 0 radical (unpaired) electrons. The van der Waals surface area contributed by atoms with Crippen LogP contribution in [0.2, 0.25) is 0 Å². The minimum Gasteiger partial charge on any atom is -0.300 e. The van der Waals surface area contributed by atoms with Crippen molar-refractivity contribution in [2.75, 3.05) is 6.54 Å². The molecule has 0 unspecified atom stereocenters. The van der Waals surface area contributed by atoms with Crippen LogP contribution >= 0.6 is 0 Å². The maximum atomic E-state index is 11.1. The van der Waals surface area contributed by atoms with Gasteiger partial charge in [0.1, 0.15) is 5.78 Å². The van der Waals surface area contributed by atoms with Gasteiger partial charge in [-0.25, -0.2) is 0 Å². The van der Waals surface area contributed by atoms with E-state index in [4.69, 9.17) is 0 Å². The SMILES string of the molecule is CC(=O)C[C@@H](C[N+](=O)[O-])c1ccccc1C. The third-order valence-corrected chi connectivity index (χ3v) is 2.53. The molecule has 4 heteroatoms. The van der Waals surface area contributed by atoms with Gasteiger partial charge < -0.3 is 4.79 Å². The molecule has 4 nitrogen and oxygen atoms in total. The summed E-state index contributed by atoms with van der Waals surface area (Å²) >= 11 is 0. The van der Waals surface area contributed by atoms with Crippen LogP contribution in [-0.4, -0.2) is 17.3 Å². The molecule has 1 atom stereocenters. The van der Waals surface area contributed by atoms with Crippen molar-refractivity contribution >= 4 is 5.78 Å². The van der Waals surface area contributed by atoms with E-state index in [1.54, 1.807) is 0 Å². The fourth-order valence-electron chi connectivity index (χ4n) is 1.84. The first-order chi connectivity index (χ1) is 7.50. The van der Waals surface area contributed by atoms with E-state index in [2.05, 4.69) is 0 Å². The molecule has 0 amide bonds. The number of rotatable bonds is 5. The summed E-state index contributed by atoms with van der Waals surface area (Å²) in [6.45, 7) is 3.18. The van der Waals surface area contributed by atoms with Crippen molar-refractivity contribution in [2.45, 2.75) is 26.2 Å². The zero-order valence-electron chi connectivity index (χ0n) is 9.47. The van der Waals surface area contributed by atoms with Crippen LogP contribution in [-0.2, 0) is 4.79 Å². The first-order valence-electron chi connectivity index (χ1n) is 5.17. The topological polar surface area (TPSA) is 60.2 Å². The van der Waals surface area contributed by atoms with Gasteiger partial charge >= 0.3 is 0 Å². The van der Waals surface area contributed by atoms with Crippen LogP contribution in [0.5, 0.6) is 0 Å². The van der Waals surface area contributed by atoms with Gasteiger partial charge in [0.25, 0.3) is 0 Å². The first kappa shape index (κ1) is 12.4. The second-order valence-electron chi connectivity index (χ2n) is 3.97. The highest BCUT2D eigenvalue weighted by Gasteiger charge is 2.20. The molecule has 0 bridgehead atoms. The molecule has 16 heavy (non-hydrogen) atoms. The summed E-state index contributed by atoms with van der Waals surface area (Å²) in [5.74, 6) is -0.330. The Bertz CT molecular complexity index is 385. The summed E-state index contributed by atoms with van der Waals surface area (Å²) in [4.78, 5) is 21.3. The summed E-state index contributed by atoms with van der Waals surface area (Å²) in [6.07, 6.45) is 0.228. The van der Waals surface area contributed by atoms with E-state index >= 15 is 0 Å². The number of nitrogens with zero attached hydrogens (tertiary/aromatic N) is 1. The van der Waals surface area contributed by atoms with Crippen LogP contribution < -0.4 is 0 Å². The van der Waals surface area contributed by atoms with Gasteiger partial charge in [0.05, 0.1) is 5.92 Å². The molecule has 0 spiro atoms. The van der Waals surface area contributed by atoms with Crippen molar-refractivity contribution in [2.24, 2.45) is 0 Å². The molecule has 0 heterocycles. The Morgan fingerprint density at radius 2 is 2.06 bits per heavy atom. The first-order valence-corrected chi connectivity index (χ1v) is 5.17. The van der Waals surface area contributed by atoms with Crippen LogP contribution in [0.15, 0.2) is 24.3 Å². The summed E-state index contributed by atoms with van der Waals surface area (Å²) in [5, 5.41) is 10.6. The highest BCUT2D eigenvalue weighted by molar-refractivity contribution is 5.76. The summed E-state index contributed by atoms with van der Waals surface area (Å²) in [5.41, 5.74) is 1.89. The van der Waals surface area contributed by atoms with Crippen LogP contribution in [0.3, 0.4) is 0 Å². The van der Waals surface area contributed by atoms with E-state index < -0.39 is 0 Å². The zero-order chi connectivity index (χ0) is 12.1. The van der Waals surface area contributed by atoms with Crippen molar-refractivity contribution in [1.29, 1.82) is 0 Å². The fourth-order valence-corrected chi connectivity index (χ4v) is 1.84. The van der Waals surface area contributed by atoms with Gasteiger partial charge in [-0.2, -0.15) is 0 Å². The highest BCUT2D eigenvalue weighted by atomic mass is 16.6. The number of hydrogen-bond acceptors (Lipinski definition) is 3. The Kier molecular flexibility index (Phi) is 4.17. The van der Waals surface area contributed by atoms with Crippen molar-refractivity contribution in [3.8, 4) is 0 Å². The second-order valence-corrected chi connectivity index (χ2v) is 3.97. The monoisotopic (exact) mass is 221 g/mol. The predicted octanol–water partition coefficient (Wildman–Crippen LogP) is 2.33. The Morgan fingerprint density at radius 1 is 1.44 bits per heavy atom. The van der Waals surface area contributed by atoms with Gasteiger partial charge in [0.2, 0.25) is 6.54 Å². The van der Waals surface area contributed by atoms with Crippen LogP contribution in [0.1, 0.15) is 30.4 Å². The molecule has 0 fully saturated rings. The van der Waals surface area contributed by atoms with Gasteiger partial charge in [-0.15, -0.1) is 0 Å². The van der Waals surface area contributed by atoms with E-state index in [9.17, 15) is 14.9 Å². The molecular formula is C12H15NO3. The van der Waals surface area contributed by atoms with Gasteiger partial charge in [-0.1, -0.05) is 24.3 Å². The molecule has 86 valence electrons. The van der Waals surface area contributed by atoms with E-state index in [0.29, 0.717) is 0 Å². The second kappa shape index (κ2) is 5.39. The summed E-state index contributed by atoms with van der Waals surface area (Å²) in [6, 6.07) is 7.49. The molecule has 0 N–H and O–H groups in total. The van der Waals surface area contributed by atoms with Crippen LogP contribution in [0.25, 0.3) is 0 Å². The van der Waals surface area contributed by atoms with Gasteiger partial charge in [-0.05, 0) is 25.0 Å². The number of nitro groups is 1. The molecular weight excluding hydrogens is 206 g/mol. The van der Waals surface area contributed by atoms with Crippen molar-refractivity contribution in [3.63, 3.8) is 0 Å². The van der Waals surface area contributed by atoms with E-state index in [-0.39, 0.29) is 29.6 Å². The quantitative estimate of drug-likeness (QED) is 0.566. The maximum absolute atomic E-state index is 11.1. The molecule has 0 saturated heterocycles. The van der Waals surface area contributed by atoms with E-state index in [1.807, 2.05) is 31.2 Å².